The highest BCUT2D eigenvalue weighted by atomic mass is 35.5. The second kappa shape index (κ2) is 7.22. The Morgan fingerprint density at radius 3 is 2.46 bits per heavy atom. The van der Waals surface area contributed by atoms with Crippen LogP contribution in [-0.4, -0.2) is 42.1 Å². The zero-order valence-corrected chi connectivity index (χ0v) is 15.0. The zero-order chi connectivity index (χ0) is 17.9. The molecule has 1 N–H and O–H groups in total. The predicted octanol–water partition coefficient (Wildman–Crippen LogP) is 4.24. The number of piperazine rings is 1. The maximum absolute atomic E-state index is 12.5. The number of halogens is 1. The van der Waals surface area contributed by atoms with E-state index in [2.05, 4.69) is 21.3 Å². The third kappa shape index (κ3) is 3.44. The van der Waals surface area contributed by atoms with Crippen molar-refractivity contribution in [3.8, 4) is 0 Å². The molecule has 2 heterocycles. The summed E-state index contributed by atoms with van der Waals surface area (Å²) in [5.74, 6) is 0. The number of urea groups is 1. The van der Waals surface area contributed by atoms with E-state index in [-0.39, 0.29) is 6.03 Å². The van der Waals surface area contributed by atoms with Gasteiger partial charge in [-0.25, -0.2) is 4.79 Å². The first-order valence-corrected chi connectivity index (χ1v) is 8.99. The summed E-state index contributed by atoms with van der Waals surface area (Å²) in [4.78, 5) is 21.0. The van der Waals surface area contributed by atoms with Crippen molar-refractivity contribution in [1.82, 2.24) is 9.88 Å². The quantitative estimate of drug-likeness (QED) is 0.737. The fourth-order valence-corrected chi connectivity index (χ4v) is 3.37. The summed E-state index contributed by atoms with van der Waals surface area (Å²) in [5.41, 5.74) is 2.92. The van der Waals surface area contributed by atoms with E-state index in [1.807, 2.05) is 35.4 Å². The molecule has 5 nitrogen and oxygen atoms in total. The van der Waals surface area contributed by atoms with Gasteiger partial charge in [0.25, 0.3) is 0 Å². The summed E-state index contributed by atoms with van der Waals surface area (Å²) in [6.07, 6.45) is 1.84. The maximum Gasteiger partial charge on any atom is 0.321 e. The number of rotatable bonds is 2. The minimum Gasteiger partial charge on any atom is -0.367 e. The molecular formula is C20H19ClN4O. The van der Waals surface area contributed by atoms with E-state index >= 15 is 0 Å². The van der Waals surface area contributed by atoms with Gasteiger partial charge in [0.2, 0.25) is 0 Å². The first-order chi connectivity index (χ1) is 12.7. The number of hydrogen-bond donors (Lipinski definition) is 1. The first kappa shape index (κ1) is 16.7. The van der Waals surface area contributed by atoms with Crippen LogP contribution in [0.25, 0.3) is 10.9 Å². The molecule has 0 bridgehead atoms. The molecule has 4 rings (SSSR count). The SMILES string of the molecule is O=C(Nc1ccc(Cl)cc1)N1CCN(c2ccnc3ccccc23)CC1. The number of benzene rings is 2. The number of fused-ring (bicyclic) bond motifs is 1. The van der Waals surface area contributed by atoms with Crippen LogP contribution < -0.4 is 10.2 Å². The van der Waals surface area contributed by atoms with Gasteiger partial charge in [0.1, 0.15) is 0 Å². The molecule has 0 spiro atoms. The predicted molar refractivity (Wildman–Crippen MR) is 106 cm³/mol. The van der Waals surface area contributed by atoms with Gasteiger partial charge in [-0.1, -0.05) is 29.8 Å². The van der Waals surface area contributed by atoms with Gasteiger partial charge >= 0.3 is 6.03 Å². The van der Waals surface area contributed by atoms with Crippen LogP contribution in [0.5, 0.6) is 0 Å². The number of pyridine rings is 1. The lowest BCUT2D eigenvalue weighted by Crippen LogP contribution is -2.50. The van der Waals surface area contributed by atoms with Gasteiger partial charge in [-0.2, -0.15) is 0 Å². The molecule has 26 heavy (non-hydrogen) atoms. The third-order valence-electron chi connectivity index (χ3n) is 4.63. The monoisotopic (exact) mass is 366 g/mol. The van der Waals surface area contributed by atoms with E-state index in [9.17, 15) is 4.79 Å². The van der Waals surface area contributed by atoms with Crippen molar-refractivity contribution >= 4 is 39.9 Å². The van der Waals surface area contributed by atoms with Crippen LogP contribution in [0.2, 0.25) is 5.02 Å². The number of nitrogens with zero attached hydrogens (tertiary/aromatic N) is 3. The molecule has 1 saturated heterocycles. The fraction of sp³-hybridized carbons (Fsp3) is 0.200. The van der Waals surface area contributed by atoms with E-state index < -0.39 is 0 Å². The molecule has 132 valence electrons. The highest BCUT2D eigenvalue weighted by molar-refractivity contribution is 6.30. The van der Waals surface area contributed by atoms with Gasteiger partial charge in [-0.05, 0) is 36.4 Å². The second-order valence-electron chi connectivity index (χ2n) is 6.26. The van der Waals surface area contributed by atoms with E-state index in [0.29, 0.717) is 18.1 Å². The Balaban J connectivity index is 1.42. The van der Waals surface area contributed by atoms with E-state index in [1.54, 1.807) is 24.3 Å². The normalized spacial score (nSPS) is 14.5. The summed E-state index contributed by atoms with van der Waals surface area (Å²) in [6, 6.07) is 17.3. The molecule has 1 aromatic heterocycles. The molecule has 6 heteroatoms. The second-order valence-corrected chi connectivity index (χ2v) is 6.69. The third-order valence-corrected chi connectivity index (χ3v) is 4.88. The number of carbonyl (C=O) groups excluding carboxylic acids is 1. The highest BCUT2D eigenvalue weighted by Crippen LogP contribution is 2.26. The Morgan fingerprint density at radius 1 is 0.962 bits per heavy atom. The Kier molecular flexibility index (Phi) is 4.63. The van der Waals surface area contributed by atoms with Gasteiger partial charge in [0.05, 0.1) is 5.52 Å². The molecule has 3 aromatic rings. The molecule has 0 radical (unpaired) electrons. The van der Waals surface area contributed by atoms with Crippen LogP contribution in [0.4, 0.5) is 16.2 Å². The molecule has 0 saturated carbocycles. The molecule has 2 amide bonds. The number of para-hydroxylation sites is 1. The molecule has 2 aromatic carbocycles. The van der Waals surface area contributed by atoms with Gasteiger partial charge in [-0.15, -0.1) is 0 Å². The first-order valence-electron chi connectivity index (χ1n) is 8.61. The van der Waals surface area contributed by atoms with Crippen molar-refractivity contribution < 1.29 is 4.79 Å². The molecule has 1 aliphatic rings. The van der Waals surface area contributed by atoms with Crippen LogP contribution in [0, 0.1) is 0 Å². The lowest BCUT2D eigenvalue weighted by Gasteiger charge is -2.36. The summed E-state index contributed by atoms with van der Waals surface area (Å²) < 4.78 is 0. The zero-order valence-electron chi connectivity index (χ0n) is 14.2. The average molecular weight is 367 g/mol. The number of carbonyl (C=O) groups is 1. The summed E-state index contributed by atoms with van der Waals surface area (Å²) in [7, 11) is 0. The van der Waals surface area contributed by atoms with E-state index in [1.165, 1.54) is 5.69 Å². The summed E-state index contributed by atoms with van der Waals surface area (Å²) in [5, 5.41) is 4.72. The van der Waals surface area contributed by atoms with Crippen molar-refractivity contribution in [2.24, 2.45) is 0 Å². The maximum atomic E-state index is 12.5. The van der Waals surface area contributed by atoms with Crippen LogP contribution >= 0.6 is 11.6 Å². The molecule has 0 aliphatic carbocycles. The van der Waals surface area contributed by atoms with Crippen molar-refractivity contribution in [3.63, 3.8) is 0 Å². The van der Waals surface area contributed by atoms with Gasteiger partial charge < -0.3 is 15.1 Å². The van der Waals surface area contributed by atoms with Gasteiger partial charge in [0, 0.05) is 54.2 Å². The Hall–Kier alpha value is -2.79. The average Bonchev–Trinajstić information content (AvgIpc) is 2.69. The number of hydrogen-bond acceptors (Lipinski definition) is 3. The number of anilines is 2. The van der Waals surface area contributed by atoms with Crippen molar-refractivity contribution in [2.45, 2.75) is 0 Å². The summed E-state index contributed by atoms with van der Waals surface area (Å²) in [6.45, 7) is 2.94. The molecule has 0 atom stereocenters. The minimum atomic E-state index is -0.0773. The topological polar surface area (TPSA) is 48.5 Å². The lowest BCUT2D eigenvalue weighted by atomic mass is 10.1. The fourth-order valence-electron chi connectivity index (χ4n) is 3.24. The van der Waals surface area contributed by atoms with E-state index in [4.69, 9.17) is 11.6 Å². The van der Waals surface area contributed by atoms with Crippen LogP contribution in [0.3, 0.4) is 0 Å². The highest BCUT2D eigenvalue weighted by Gasteiger charge is 2.22. The van der Waals surface area contributed by atoms with Gasteiger partial charge in [-0.3, -0.25) is 4.98 Å². The minimum absolute atomic E-state index is 0.0773. The van der Waals surface area contributed by atoms with E-state index in [0.717, 1.165) is 29.7 Å². The Bertz CT molecular complexity index is 915. The molecule has 0 unspecified atom stereocenters. The van der Waals surface area contributed by atoms with Crippen LogP contribution in [0.1, 0.15) is 0 Å². The Labute approximate surface area is 157 Å². The molecular weight excluding hydrogens is 348 g/mol. The van der Waals surface area contributed by atoms with Crippen LogP contribution in [-0.2, 0) is 0 Å². The van der Waals surface area contributed by atoms with Crippen molar-refractivity contribution in [1.29, 1.82) is 0 Å². The molecule has 1 fully saturated rings. The van der Waals surface area contributed by atoms with Crippen LogP contribution in [0.15, 0.2) is 60.8 Å². The lowest BCUT2D eigenvalue weighted by molar-refractivity contribution is 0.208. The number of nitrogens with one attached hydrogen (secondary N) is 1. The number of aromatic nitrogens is 1. The van der Waals surface area contributed by atoms with Gasteiger partial charge in [0.15, 0.2) is 0 Å². The number of amides is 2. The smallest absolute Gasteiger partial charge is 0.321 e. The Morgan fingerprint density at radius 2 is 1.69 bits per heavy atom. The van der Waals surface area contributed by atoms with Crippen molar-refractivity contribution in [2.75, 3.05) is 36.4 Å². The standard InChI is InChI=1S/C20H19ClN4O/c21-15-5-7-16(8-6-15)23-20(26)25-13-11-24(12-14-25)19-9-10-22-18-4-2-1-3-17(18)19/h1-10H,11-14H2,(H,23,26). The largest absolute Gasteiger partial charge is 0.367 e. The molecule has 1 aliphatic heterocycles. The van der Waals surface area contributed by atoms with Crippen molar-refractivity contribution in [3.05, 3.63) is 65.8 Å². The summed E-state index contributed by atoms with van der Waals surface area (Å²) >= 11 is 5.88.